The monoisotopic (exact) mass is 290 g/mol. The maximum absolute atomic E-state index is 11.5. The number of rotatable bonds is 3. The van der Waals surface area contributed by atoms with Crippen LogP contribution in [0.2, 0.25) is 5.02 Å². The Balaban J connectivity index is 2.08. The van der Waals surface area contributed by atoms with Gasteiger partial charge < -0.3 is 5.32 Å². The first-order valence-electron chi connectivity index (χ1n) is 6.78. The second-order valence-corrected chi connectivity index (χ2v) is 5.55. The zero-order chi connectivity index (χ0) is 14.5. The van der Waals surface area contributed by atoms with Gasteiger partial charge in [0.25, 0.3) is 5.91 Å². The van der Waals surface area contributed by atoms with Crippen molar-refractivity contribution in [2.45, 2.75) is 19.4 Å². The number of halogens is 1. The molecule has 0 aliphatic carbocycles. The Morgan fingerprint density at radius 2 is 2.35 bits per heavy atom. The molecule has 1 fully saturated rings. The number of carbonyl (C=O) groups is 1. The molecule has 4 heteroatoms. The molecule has 20 heavy (non-hydrogen) atoms. The zero-order valence-electron chi connectivity index (χ0n) is 11.8. The van der Waals surface area contributed by atoms with Crippen LogP contribution in [0, 0.1) is 17.8 Å². The summed E-state index contributed by atoms with van der Waals surface area (Å²) in [6.45, 7) is 3.34. The minimum absolute atomic E-state index is 0.202. The van der Waals surface area contributed by atoms with Crippen LogP contribution in [0.1, 0.15) is 24.9 Å². The molecule has 1 aromatic rings. The Kier molecular flexibility index (Phi) is 5.05. The lowest BCUT2D eigenvalue weighted by Gasteiger charge is -2.25. The van der Waals surface area contributed by atoms with E-state index in [2.05, 4.69) is 35.2 Å². The molecule has 1 N–H and O–H groups in total. The van der Waals surface area contributed by atoms with Crippen molar-refractivity contribution in [3.05, 3.63) is 34.9 Å². The molecule has 2 rings (SSSR count). The van der Waals surface area contributed by atoms with Crippen LogP contribution in [0.5, 0.6) is 0 Å². The highest BCUT2D eigenvalue weighted by molar-refractivity contribution is 6.30. The fraction of sp³-hybridized carbons (Fsp3) is 0.438. The van der Waals surface area contributed by atoms with E-state index in [0.717, 1.165) is 18.0 Å². The number of hydrogen-bond donors (Lipinski definition) is 1. The third kappa shape index (κ3) is 3.53. The molecule has 0 bridgehead atoms. The molecule has 106 valence electrons. The summed E-state index contributed by atoms with van der Waals surface area (Å²) in [5.74, 6) is 5.31. The summed E-state index contributed by atoms with van der Waals surface area (Å²) < 4.78 is 0. The maximum atomic E-state index is 11.5. The summed E-state index contributed by atoms with van der Waals surface area (Å²) in [7, 11) is 2.11. The van der Waals surface area contributed by atoms with E-state index >= 15 is 0 Å². The normalized spacial score (nSPS) is 22.1. The third-order valence-corrected chi connectivity index (χ3v) is 3.96. The minimum Gasteiger partial charge on any atom is -0.345 e. The van der Waals surface area contributed by atoms with E-state index in [1.54, 1.807) is 6.92 Å². The summed E-state index contributed by atoms with van der Waals surface area (Å²) in [5.41, 5.74) is 1.21. The second kappa shape index (κ2) is 6.78. The van der Waals surface area contributed by atoms with Gasteiger partial charge in [-0.05, 0) is 56.5 Å². The molecule has 1 aliphatic heterocycles. The Bertz CT molecular complexity index is 547. The summed E-state index contributed by atoms with van der Waals surface area (Å²) in [6, 6.07) is 8.26. The molecule has 1 aromatic carbocycles. The Morgan fingerprint density at radius 1 is 1.55 bits per heavy atom. The van der Waals surface area contributed by atoms with E-state index in [-0.39, 0.29) is 5.91 Å². The first-order valence-corrected chi connectivity index (χ1v) is 7.16. The van der Waals surface area contributed by atoms with Gasteiger partial charge in [-0.15, -0.1) is 0 Å². The maximum Gasteiger partial charge on any atom is 0.295 e. The lowest BCUT2D eigenvalue weighted by atomic mass is 9.93. The van der Waals surface area contributed by atoms with E-state index in [0.29, 0.717) is 18.5 Å². The van der Waals surface area contributed by atoms with E-state index in [9.17, 15) is 4.79 Å². The van der Waals surface area contributed by atoms with Gasteiger partial charge in [0.05, 0.1) is 0 Å². The molecular formula is C16H19ClN2O. The molecule has 3 nitrogen and oxygen atoms in total. The van der Waals surface area contributed by atoms with Crippen LogP contribution in [0.3, 0.4) is 0 Å². The summed E-state index contributed by atoms with van der Waals surface area (Å²) in [4.78, 5) is 13.8. The quantitative estimate of drug-likeness (QED) is 0.868. The van der Waals surface area contributed by atoms with E-state index in [1.807, 2.05) is 18.2 Å². The molecule has 1 aliphatic rings. The van der Waals surface area contributed by atoms with Crippen LogP contribution in [0.15, 0.2) is 24.3 Å². The van der Waals surface area contributed by atoms with Gasteiger partial charge in [-0.25, -0.2) is 0 Å². The molecule has 0 spiro atoms. The van der Waals surface area contributed by atoms with Gasteiger partial charge in [-0.3, -0.25) is 9.69 Å². The number of amides is 1. The largest absolute Gasteiger partial charge is 0.345 e. The van der Waals surface area contributed by atoms with Gasteiger partial charge >= 0.3 is 0 Å². The predicted molar refractivity (Wildman–Crippen MR) is 81.4 cm³/mol. The molecule has 0 aromatic heterocycles. The molecule has 1 saturated heterocycles. The fourth-order valence-electron chi connectivity index (χ4n) is 2.84. The molecule has 1 amide bonds. The average molecular weight is 291 g/mol. The SMILES string of the molecule is CC#CC(=O)NCC1CCN(C)C1c1cccc(Cl)c1. The van der Waals surface area contributed by atoms with Crippen molar-refractivity contribution in [3.63, 3.8) is 0 Å². The third-order valence-electron chi connectivity index (χ3n) is 3.73. The first-order chi connectivity index (χ1) is 9.61. The molecule has 2 atom stereocenters. The Morgan fingerprint density at radius 3 is 3.05 bits per heavy atom. The summed E-state index contributed by atoms with van der Waals surface area (Å²) >= 11 is 6.08. The molecule has 2 unspecified atom stereocenters. The van der Waals surface area contributed by atoms with Crippen molar-refractivity contribution in [3.8, 4) is 11.8 Å². The highest BCUT2D eigenvalue weighted by Crippen LogP contribution is 2.36. The number of benzene rings is 1. The topological polar surface area (TPSA) is 32.3 Å². The fourth-order valence-corrected chi connectivity index (χ4v) is 3.04. The molecular weight excluding hydrogens is 272 g/mol. The zero-order valence-corrected chi connectivity index (χ0v) is 12.6. The van der Waals surface area contributed by atoms with Crippen molar-refractivity contribution in [1.82, 2.24) is 10.2 Å². The number of nitrogens with zero attached hydrogens (tertiary/aromatic N) is 1. The Hall–Kier alpha value is -1.50. The van der Waals surface area contributed by atoms with Crippen LogP contribution < -0.4 is 5.32 Å². The second-order valence-electron chi connectivity index (χ2n) is 5.11. The highest BCUT2D eigenvalue weighted by atomic mass is 35.5. The van der Waals surface area contributed by atoms with Gasteiger partial charge in [0.15, 0.2) is 0 Å². The number of nitrogens with one attached hydrogen (secondary N) is 1. The van der Waals surface area contributed by atoms with Gasteiger partial charge in [0.1, 0.15) is 0 Å². The minimum atomic E-state index is -0.202. The standard InChI is InChI=1S/C16H19ClN2O/c1-3-5-15(20)18-11-13-8-9-19(2)16(13)12-6-4-7-14(17)10-12/h4,6-7,10,13,16H,8-9,11H2,1-2H3,(H,18,20). The van der Waals surface area contributed by atoms with E-state index < -0.39 is 0 Å². The van der Waals surface area contributed by atoms with Crippen molar-refractivity contribution in [2.24, 2.45) is 5.92 Å². The van der Waals surface area contributed by atoms with E-state index in [4.69, 9.17) is 11.6 Å². The molecule has 1 heterocycles. The van der Waals surface area contributed by atoms with Crippen LogP contribution in [-0.2, 0) is 4.79 Å². The van der Waals surface area contributed by atoms with Gasteiger partial charge in [0, 0.05) is 17.6 Å². The lowest BCUT2D eigenvalue weighted by Crippen LogP contribution is -2.31. The van der Waals surface area contributed by atoms with Gasteiger partial charge in [0.2, 0.25) is 0 Å². The summed E-state index contributed by atoms with van der Waals surface area (Å²) in [6.07, 6.45) is 1.06. The van der Waals surface area contributed by atoms with Gasteiger partial charge in [-0.1, -0.05) is 29.7 Å². The lowest BCUT2D eigenvalue weighted by molar-refractivity contribution is -0.115. The number of hydrogen-bond acceptors (Lipinski definition) is 2. The Labute approximate surface area is 125 Å². The van der Waals surface area contributed by atoms with Crippen molar-refractivity contribution >= 4 is 17.5 Å². The number of likely N-dealkylation sites (tertiary alicyclic amines) is 1. The van der Waals surface area contributed by atoms with Gasteiger partial charge in [-0.2, -0.15) is 0 Å². The van der Waals surface area contributed by atoms with E-state index in [1.165, 1.54) is 5.56 Å². The highest BCUT2D eigenvalue weighted by Gasteiger charge is 2.33. The van der Waals surface area contributed by atoms with Crippen LogP contribution in [0.4, 0.5) is 0 Å². The van der Waals surface area contributed by atoms with Crippen molar-refractivity contribution in [2.75, 3.05) is 20.1 Å². The molecule has 0 saturated carbocycles. The smallest absolute Gasteiger partial charge is 0.295 e. The van der Waals surface area contributed by atoms with Crippen molar-refractivity contribution in [1.29, 1.82) is 0 Å². The van der Waals surface area contributed by atoms with Crippen LogP contribution in [0.25, 0.3) is 0 Å². The average Bonchev–Trinajstić information content (AvgIpc) is 2.78. The van der Waals surface area contributed by atoms with Crippen LogP contribution in [-0.4, -0.2) is 30.9 Å². The predicted octanol–water partition coefficient (Wildman–Crippen LogP) is 2.47. The molecule has 0 radical (unpaired) electrons. The van der Waals surface area contributed by atoms with Crippen LogP contribution >= 0.6 is 11.6 Å². The summed E-state index contributed by atoms with van der Waals surface area (Å²) in [5, 5.41) is 3.64. The first kappa shape index (κ1) is 14.9. The number of carbonyl (C=O) groups excluding carboxylic acids is 1. The van der Waals surface area contributed by atoms with Crippen molar-refractivity contribution < 1.29 is 4.79 Å².